The zero-order valence-electron chi connectivity index (χ0n) is 15.6. The van der Waals surface area contributed by atoms with E-state index in [4.69, 9.17) is 0 Å². The number of aliphatic hydroxyl groups excluding tert-OH is 1. The van der Waals surface area contributed by atoms with E-state index in [0.29, 0.717) is 23.4 Å². The van der Waals surface area contributed by atoms with Gasteiger partial charge in [0.25, 0.3) is 5.91 Å². The summed E-state index contributed by atoms with van der Waals surface area (Å²) in [4.78, 5) is 38.6. The van der Waals surface area contributed by atoms with Crippen molar-refractivity contribution in [1.82, 2.24) is 10.6 Å². The van der Waals surface area contributed by atoms with Gasteiger partial charge in [-0.1, -0.05) is 28.1 Å². The fraction of sp³-hybridized carbons (Fsp3) is 0.250. The summed E-state index contributed by atoms with van der Waals surface area (Å²) in [5, 5.41) is 24.2. The van der Waals surface area contributed by atoms with Crippen molar-refractivity contribution in [3.63, 3.8) is 0 Å². The summed E-state index contributed by atoms with van der Waals surface area (Å²) >= 11 is 3.35. The highest BCUT2D eigenvalue weighted by molar-refractivity contribution is 9.10. The second-order valence-electron chi connectivity index (χ2n) is 6.51. The topological polar surface area (TPSA) is 119 Å². The molecule has 0 spiro atoms. The maximum Gasteiger partial charge on any atom is 0.310 e. The third-order valence-corrected chi connectivity index (χ3v) is 5.13. The number of anilines is 1. The number of phenolic OH excluding ortho intramolecular Hbond substituents is 1. The number of aromatic hydroxyl groups is 1. The minimum absolute atomic E-state index is 0.0543. The van der Waals surface area contributed by atoms with Gasteiger partial charge in [0.1, 0.15) is 11.8 Å². The van der Waals surface area contributed by atoms with Crippen molar-refractivity contribution in [2.45, 2.75) is 19.1 Å². The SMILES string of the molecule is CCN1C(=O)[C@H](NC(=O)C(=O)NC[C@@H](O)c2ccc(O)cc2)c2cc(Br)ccc21. The van der Waals surface area contributed by atoms with E-state index in [1.807, 2.05) is 6.92 Å². The lowest BCUT2D eigenvalue weighted by Crippen LogP contribution is -2.45. The largest absolute Gasteiger partial charge is 0.508 e. The second kappa shape index (κ2) is 8.62. The summed E-state index contributed by atoms with van der Waals surface area (Å²) < 4.78 is 0.753. The standard InChI is InChI=1S/C20H20BrN3O5/c1-2-24-15-8-5-12(21)9-14(15)17(20(24)29)23-19(28)18(27)22-10-16(26)11-3-6-13(25)7-4-11/h3-9,16-17,25-26H,2,10H2,1H3,(H,22,27)(H,23,28)/t16-,17-/m1/s1. The maximum atomic E-state index is 12.6. The number of amides is 3. The molecule has 2 atom stereocenters. The Balaban J connectivity index is 1.64. The minimum atomic E-state index is -1.05. The average molecular weight is 462 g/mol. The molecule has 152 valence electrons. The maximum absolute atomic E-state index is 12.6. The fourth-order valence-corrected chi connectivity index (χ4v) is 3.54. The van der Waals surface area contributed by atoms with E-state index in [1.165, 1.54) is 24.3 Å². The van der Waals surface area contributed by atoms with Crippen LogP contribution in [0.3, 0.4) is 0 Å². The number of benzene rings is 2. The molecule has 2 aromatic carbocycles. The van der Waals surface area contributed by atoms with Crippen LogP contribution in [0.1, 0.15) is 30.2 Å². The molecular weight excluding hydrogens is 442 g/mol. The third kappa shape index (κ3) is 4.41. The zero-order chi connectivity index (χ0) is 21.1. The van der Waals surface area contributed by atoms with Gasteiger partial charge in [-0.05, 0) is 42.8 Å². The van der Waals surface area contributed by atoms with Gasteiger partial charge in [0.2, 0.25) is 0 Å². The van der Waals surface area contributed by atoms with Crippen LogP contribution in [0.25, 0.3) is 0 Å². The monoisotopic (exact) mass is 461 g/mol. The summed E-state index contributed by atoms with van der Waals surface area (Å²) in [6, 6.07) is 10.2. The van der Waals surface area contributed by atoms with E-state index < -0.39 is 24.0 Å². The van der Waals surface area contributed by atoms with Crippen molar-refractivity contribution >= 4 is 39.3 Å². The Hall–Kier alpha value is -2.91. The molecule has 2 aromatic rings. The molecule has 1 heterocycles. The van der Waals surface area contributed by atoms with Crippen LogP contribution in [-0.4, -0.2) is 41.0 Å². The summed E-state index contributed by atoms with van der Waals surface area (Å²) in [6.07, 6.45) is -1.05. The van der Waals surface area contributed by atoms with Crippen LogP contribution in [0.15, 0.2) is 46.9 Å². The Morgan fingerprint density at radius 2 is 1.86 bits per heavy atom. The number of halogens is 1. The number of phenols is 1. The molecule has 1 aliphatic rings. The second-order valence-corrected chi connectivity index (χ2v) is 7.43. The molecule has 3 rings (SSSR count). The highest BCUT2D eigenvalue weighted by atomic mass is 79.9. The van der Waals surface area contributed by atoms with Gasteiger partial charge in [0.15, 0.2) is 0 Å². The number of nitrogens with one attached hydrogen (secondary N) is 2. The van der Waals surface area contributed by atoms with Gasteiger partial charge in [-0.15, -0.1) is 0 Å². The molecule has 0 radical (unpaired) electrons. The number of rotatable bonds is 5. The molecular formula is C20H20BrN3O5. The number of carbonyl (C=O) groups excluding carboxylic acids is 3. The zero-order valence-corrected chi connectivity index (χ0v) is 17.1. The first kappa shape index (κ1) is 20.8. The Bertz CT molecular complexity index is 948. The molecule has 8 nitrogen and oxygen atoms in total. The van der Waals surface area contributed by atoms with E-state index in [2.05, 4.69) is 26.6 Å². The molecule has 0 unspecified atom stereocenters. The van der Waals surface area contributed by atoms with Crippen LogP contribution >= 0.6 is 15.9 Å². The number of nitrogens with zero attached hydrogens (tertiary/aromatic N) is 1. The van der Waals surface area contributed by atoms with Crippen molar-refractivity contribution in [2.75, 3.05) is 18.0 Å². The Morgan fingerprint density at radius 3 is 2.52 bits per heavy atom. The summed E-state index contributed by atoms with van der Waals surface area (Å²) in [6.45, 7) is 2.06. The molecule has 0 saturated heterocycles. The third-order valence-electron chi connectivity index (χ3n) is 4.64. The molecule has 0 aliphatic carbocycles. The normalized spacial score (nSPS) is 16.3. The minimum Gasteiger partial charge on any atom is -0.508 e. The van der Waals surface area contributed by atoms with Gasteiger partial charge in [-0.3, -0.25) is 14.4 Å². The van der Waals surface area contributed by atoms with Gasteiger partial charge in [-0.25, -0.2) is 0 Å². The predicted molar refractivity (Wildman–Crippen MR) is 109 cm³/mol. The number of carbonyl (C=O) groups is 3. The number of fused-ring (bicyclic) bond motifs is 1. The number of aliphatic hydroxyl groups is 1. The van der Waals surface area contributed by atoms with Crippen LogP contribution in [-0.2, 0) is 14.4 Å². The predicted octanol–water partition coefficient (Wildman–Crippen LogP) is 1.53. The Morgan fingerprint density at radius 1 is 1.17 bits per heavy atom. The van der Waals surface area contributed by atoms with E-state index in [-0.39, 0.29) is 18.2 Å². The molecule has 4 N–H and O–H groups in total. The highest BCUT2D eigenvalue weighted by Crippen LogP contribution is 2.37. The molecule has 0 bridgehead atoms. The molecule has 9 heteroatoms. The number of hydrogen-bond acceptors (Lipinski definition) is 5. The van der Waals surface area contributed by atoms with Crippen LogP contribution in [0, 0.1) is 0 Å². The van der Waals surface area contributed by atoms with Crippen LogP contribution < -0.4 is 15.5 Å². The highest BCUT2D eigenvalue weighted by Gasteiger charge is 2.38. The molecule has 0 fully saturated rings. The van der Waals surface area contributed by atoms with Gasteiger partial charge in [-0.2, -0.15) is 0 Å². The van der Waals surface area contributed by atoms with Crippen LogP contribution in [0.5, 0.6) is 5.75 Å². The van der Waals surface area contributed by atoms with Crippen molar-refractivity contribution in [3.05, 3.63) is 58.1 Å². The van der Waals surface area contributed by atoms with E-state index in [1.54, 1.807) is 23.1 Å². The van der Waals surface area contributed by atoms with E-state index >= 15 is 0 Å². The Labute approximate surface area is 175 Å². The van der Waals surface area contributed by atoms with Crippen molar-refractivity contribution < 1.29 is 24.6 Å². The molecule has 0 saturated carbocycles. The first-order valence-corrected chi connectivity index (χ1v) is 9.77. The van der Waals surface area contributed by atoms with Gasteiger partial charge >= 0.3 is 11.8 Å². The molecule has 3 amide bonds. The first-order valence-electron chi connectivity index (χ1n) is 8.98. The number of hydrogen-bond donors (Lipinski definition) is 4. The average Bonchev–Trinajstić information content (AvgIpc) is 2.96. The molecule has 29 heavy (non-hydrogen) atoms. The Kier molecular flexibility index (Phi) is 6.19. The van der Waals surface area contributed by atoms with E-state index in [9.17, 15) is 24.6 Å². The summed E-state index contributed by atoms with van der Waals surface area (Å²) in [7, 11) is 0. The van der Waals surface area contributed by atoms with Gasteiger partial charge in [0, 0.05) is 28.8 Å². The lowest BCUT2D eigenvalue weighted by Gasteiger charge is -2.16. The smallest absolute Gasteiger partial charge is 0.310 e. The fourth-order valence-electron chi connectivity index (χ4n) is 3.16. The first-order chi connectivity index (χ1) is 13.8. The van der Waals surface area contributed by atoms with Crippen molar-refractivity contribution in [2.24, 2.45) is 0 Å². The van der Waals surface area contributed by atoms with Gasteiger partial charge in [0.05, 0.1) is 6.10 Å². The van der Waals surface area contributed by atoms with Gasteiger partial charge < -0.3 is 25.7 Å². The summed E-state index contributed by atoms with van der Waals surface area (Å²) in [5.74, 6) is -2.18. The van der Waals surface area contributed by atoms with E-state index in [0.717, 1.165) is 4.47 Å². The van der Waals surface area contributed by atoms with Crippen molar-refractivity contribution in [3.8, 4) is 5.75 Å². The van der Waals surface area contributed by atoms with Crippen molar-refractivity contribution in [1.29, 1.82) is 0 Å². The van der Waals surface area contributed by atoms with Crippen LogP contribution in [0.2, 0.25) is 0 Å². The molecule has 0 aromatic heterocycles. The lowest BCUT2D eigenvalue weighted by molar-refractivity contribution is -0.140. The number of likely N-dealkylation sites (N-methyl/N-ethyl adjacent to an activating group) is 1. The lowest BCUT2D eigenvalue weighted by atomic mass is 10.1. The summed E-state index contributed by atoms with van der Waals surface area (Å²) in [5.41, 5.74) is 1.78. The quantitative estimate of drug-likeness (QED) is 0.503. The van der Waals surface area contributed by atoms with Crippen LogP contribution in [0.4, 0.5) is 5.69 Å². The molecule has 1 aliphatic heterocycles.